The van der Waals surface area contributed by atoms with Gasteiger partial charge in [-0.3, -0.25) is 9.78 Å². The van der Waals surface area contributed by atoms with Crippen LogP contribution in [0.25, 0.3) is 11.3 Å². The van der Waals surface area contributed by atoms with E-state index in [1.54, 1.807) is 6.20 Å². The second kappa shape index (κ2) is 7.24. The smallest absolute Gasteiger partial charge is 0.230 e. The van der Waals surface area contributed by atoms with Crippen molar-refractivity contribution in [3.05, 3.63) is 77.2 Å². The molecule has 1 fully saturated rings. The Bertz CT molecular complexity index is 1110. The van der Waals surface area contributed by atoms with E-state index in [2.05, 4.69) is 21.4 Å². The molecule has 1 aromatic heterocycles. The van der Waals surface area contributed by atoms with Crippen LogP contribution in [0.1, 0.15) is 35.4 Å². The number of aryl methyl sites for hydroxylation is 2. The highest BCUT2D eigenvalue weighted by molar-refractivity contribution is 5.91. The Labute approximate surface area is 176 Å². The molecule has 1 atom stereocenters. The Morgan fingerprint density at radius 3 is 2.70 bits per heavy atom. The van der Waals surface area contributed by atoms with Crippen molar-refractivity contribution in [2.45, 2.75) is 44.6 Å². The van der Waals surface area contributed by atoms with Crippen molar-refractivity contribution in [2.24, 2.45) is 0 Å². The van der Waals surface area contributed by atoms with Crippen LogP contribution in [0, 0.1) is 13.8 Å². The number of nitrogens with one attached hydrogen (secondary N) is 1. The van der Waals surface area contributed by atoms with Gasteiger partial charge in [0, 0.05) is 18.2 Å². The molecule has 1 unspecified atom stereocenters. The van der Waals surface area contributed by atoms with Crippen molar-refractivity contribution in [1.29, 1.82) is 0 Å². The van der Waals surface area contributed by atoms with Gasteiger partial charge in [0.1, 0.15) is 11.9 Å². The summed E-state index contributed by atoms with van der Waals surface area (Å²) in [5.41, 5.74) is 5.49. The lowest BCUT2D eigenvalue weighted by Gasteiger charge is -2.18. The lowest BCUT2D eigenvalue weighted by molar-refractivity contribution is -0.123. The van der Waals surface area contributed by atoms with Gasteiger partial charge in [-0.15, -0.1) is 0 Å². The molecule has 1 amide bonds. The monoisotopic (exact) mass is 399 g/mol. The summed E-state index contributed by atoms with van der Waals surface area (Å²) in [6.07, 6.45) is 4.30. The van der Waals surface area contributed by atoms with Crippen molar-refractivity contribution in [1.82, 2.24) is 15.3 Å². The van der Waals surface area contributed by atoms with Gasteiger partial charge in [-0.2, -0.15) is 0 Å². The molecule has 0 saturated heterocycles. The minimum Gasteiger partial charge on any atom is -0.487 e. The van der Waals surface area contributed by atoms with E-state index < -0.39 is 0 Å². The number of amides is 1. The molecule has 0 spiro atoms. The van der Waals surface area contributed by atoms with Gasteiger partial charge in [-0.05, 0) is 43.9 Å². The van der Waals surface area contributed by atoms with Crippen molar-refractivity contribution in [2.75, 3.05) is 6.54 Å². The van der Waals surface area contributed by atoms with Crippen LogP contribution in [0.5, 0.6) is 5.75 Å². The highest BCUT2D eigenvalue weighted by atomic mass is 16.5. The number of para-hydroxylation sites is 1. The number of carbonyl (C=O) groups excluding carboxylic acids is 1. The summed E-state index contributed by atoms with van der Waals surface area (Å²) in [5, 5.41) is 3.15. The molecule has 0 bridgehead atoms. The third-order valence-corrected chi connectivity index (χ3v) is 6.16. The van der Waals surface area contributed by atoms with Gasteiger partial charge in [-0.1, -0.05) is 42.5 Å². The number of carbonyl (C=O) groups is 1. The zero-order chi connectivity index (χ0) is 20.7. The molecule has 1 saturated carbocycles. The Balaban J connectivity index is 1.30. The first-order valence-corrected chi connectivity index (χ1v) is 10.5. The number of benzene rings is 2. The van der Waals surface area contributed by atoms with E-state index in [1.165, 1.54) is 0 Å². The Morgan fingerprint density at radius 1 is 1.13 bits per heavy atom. The number of ether oxygens (including phenoxy) is 1. The Kier molecular flexibility index (Phi) is 4.54. The maximum absolute atomic E-state index is 12.9. The van der Waals surface area contributed by atoms with Crippen LogP contribution in [0.4, 0.5) is 0 Å². The molecule has 5 heteroatoms. The van der Waals surface area contributed by atoms with Crippen LogP contribution >= 0.6 is 0 Å². The van der Waals surface area contributed by atoms with E-state index in [1.807, 2.05) is 56.3 Å². The van der Waals surface area contributed by atoms with Gasteiger partial charge < -0.3 is 10.1 Å². The first-order valence-electron chi connectivity index (χ1n) is 10.5. The molecule has 0 radical (unpaired) electrons. The summed E-state index contributed by atoms with van der Waals surface area (Å²) < 4.78 is 6.29. The molecule has 5 rings (SSSR count). The maximum Gasteiger partial charge on any atom is 0.230 e. The number of hydrogen-bond acceptors (Lipinski definition) is 4. The molecule has 1 N–H and O–H groups in total. The van der Waals surface area contributed by atoms with Crippen molar-refractivity contribution < 1.29 is 9.53 Å². The minimum absolute atomic E-state index is 0.0743. The van der Waals surface area contributed by atoms with Gasteiger partial charge in [0.05, 0.1) is 29.0 Å². The zero-order valence-corrected chi connectivity index (χ0v) is 17.3. The number of nitrogens with zero attached hydrogens (tertiary/aromatic N) is 2. The fourth-order valence-electron chi connectivity index (χ4n) is 4.34. The molecule has 1 aliphatic carbocycles. The van der Waals surface area contributed by atoms with E-state index in [0.29, 0.717) is 6.54 Å². The van der Waals surface area contributed by atoms with Crippen LogP contribution in [0.2, 0.25) is 0 Å². The van der Waals surface area contributed by atoms with E-state index in [-0.39, 0.29) is 17.4 Å². The predicted molar refractivity (Wildman–Crippen MR) is 115 cm³/mol. The highest BCUT2D eigenvalue weighted by Gasteiger charge is 2.51. The highest BCUT2D eigenvalue weighted by Crippen LogP contribution is 2.48. The molecule has 30 heavy (non-hydrogen) atoms. The predicted octanol–water partition coefficient (Wildman–Crippen LogP) is 3.91. The molecule has 1 aliphatic heterocycles. The maximum atomic E-state index is 12.9. The topological polar surface area (TPSA) is 64.1 Å². The summed E-state index contributed by atoms with van der Waals surface area (Å²) >= 11 is 0. The van der Waals surface area contributed by atoms with Crippen LogP contribution in [0.15, 0.2) is 54.7 Å². The number of fused-ring (bicyclic) bond motifs is 1. The standard InChI is InChI=1S/C25H25N3O2/c1-16-14-26-17(2)22(28-16)21-10-6-7-18-13-20(30-23(18)21)15-27-24(29)25(11-12-25)19-8-4-3-5-9-19/h3-10,14,20H,11-13,15H2,1-2H3,(H,27,29). The van der Waals surface area contributed by atoms with Crippen molar-refractivity contribution in [3.8, 4) is 17.0 Å². The second-order valence-electron chi connectivity index (χ2n) is 8.34. The van der Waals surface area contributed by atoms with Gasteiger partial charge >= 0.3 is 0 Å². The first-order chi connectivity index (χ1) is 14.6. The minimum atomic E-state index is -0.355. The molecule has 5 nitrogen and oxygen atoms in total. The molecule has 2 heterocycles. The van der Waals surface area contributed by atoms with Crippen LogP contribution in [0.3, 0.4) is 0 Å². The summed E-state index contributed by atoms with van der Waals surface area (Å²) in [4.78, 5) is 22.1. The fraction of sp³-hybridized carbons (Fsp3) is 0.320. The van der Waals surface area contributed by atoms with E-state index in [9.17, 15) is 4.79 Å². The summed E-state index contributed by atoms with van der Waals surface area (Å²) in [7, 11) is 0. The lowest BCUT2D eigenvalue weighted by Crippen LogP contribution is -2.40. The molecule has 2 aromatic carbocycles. The average molecular weight is 399 g/mol. The fourth-order valence-corrected chi connectivity index (χ4v) is 4.34. The van der Waals surface area contributed by atoms with Crippen LogP contribution in [-0.2, 0) is 16.6 Å². The number of aromatic nitrogens is 2. The molecule has 3 aromatic rings. The quantitative estimate of drug-likeness (QED) is 0.706. The van der Waals surface area contributed by atoms with Crippen molar-refractivity contribution in [3.63, 3.8) is 0 Å². The third kappa shape index (κ3) is 3.24. The van der Waals surface area contributed by atoms with E-state index in [4.69, 9.17) is 4.74 Å². The normalized spacial score (nSPS) is 18.4. The van der Waals surface area contributed by atoms with Gasteiger partial charge in [0.25, 0.3) is 0 Å². The average Bonchev–Trinajstić information content (AvgIpc) is 3.47. The number of hydrogen-bond donors (Lipinski definition) is 1. The Morgan fingerprint density at radius 2 is 1.93 bits per heavy atom. The van der Waals surface area contributed by atoms with Crippen LogP contribution in [-0.4, -0.2) is 28.5 Å². The molecule has 152 valence electrons. The summed E-state index contributed by atoms with van der Waals surface area (Å²) in [6, 6.07) is 16.2. The third-order valence-electron chi connectivity index (χ3n) is 6.16. The second-order valence-corrected chi connectivity index (χ2v) is 8.34. The first kappa shape index (κ1) is 18.8. The summed E-state index contributed by atoms with van der Waals surface area (Å²) in [5.74, 6) is 0.970. The Hall–Kier alpha value is -3.21. The lowest BCUT2D eigenvalue weighted by atomic mass is 9.95. The van der Waals surface area contributed by atoms with E-state index >= 15 is 0 Å². The molecular weight excluding hydrogens is 374 g/mol. The molecular formula is C25H25N3O2. The largest absolute Gasteiger partial charge is 0.487 e. The van der Waals surface area contributed by atoms with Gasteiger partial charge in [-0.25, -0.2) is 4.98 Å². The SMILES string of the molecule is Cc1cnc(C)c(-c2cccc3c2OC(CNC(=O)C2(c4ccccc4)CC2)C3)n1. The van der Waals surface area contributed by atoms with E-state index in [0.717, 1.165) is 58.8 Å². The van der Waals surface area contributed by atoms with Crippen LogP contribution < -0.4 is 10.1 Å². The zero-order valence-electron chi connectivity index (χ0n) is 17.3. The van der Waals surface area contributed by atoms with Gasteiger partial charge in [0.15, 0.2) is 0 Å². The van der Waals surface area contributed by atoms with Crippen molar-refractivity contribution >= 4 is 5.91 Å². The summed E-state index contributed by atoms with van der Waals surface area (Å²) in [6.45, 7) is 4.41. The van der Waals surface area contributed by atoms with Gasteiger partial charge in [0.2, 0.25) is 5.91 Å². The molecule has 2 aliphatic rings. The number of rotatable bonds is 5.